The summed E-state index contributed by atoms with van der Waals surface area (Å²) in [6.07, 6.45) is 3.43. The topological polar surface area (TPSA) is 38.7 Å². The van der Waals surface area contributed by atoms with Gasteiger partial charge in [0, 0.05) is 23.5 Å². The van der Waals surface area contributed by atoms with E-state index in [0.29, 0.717) is 0 Å². The Bertz CT molecular complexity index is 650. The highest BCUT2D eigenvalue weighted by Crippen LogP contribution is 2.29. The normalized spacial score (nSPS) is 10.5. The van der Waals surface area contributed by atoms with Crippen LogP contribution >= 0.6 is 11.3 Å². The van der Waals surface area contributed by atoms with Crippen LogP contribution in [0.2, 0.25) is 0 Å². The first kappa shape index (κ1) is 11.0. The molecule has 0 aliphatic carbocycles. The van der Waals surface area contributed by atoms with Gasteiger partial charge in [-0.05, 0) is 36.4 Å². The predicted octanol–water partition coefficient (Wildman–Crippen LogP) is 3.41. The summed E-state index contributed by atoms with van der Waals surface area (Å²) in [4.78, 5) is 3.96. The third-order valence-electron chi connectivity index (χ3n) is 2.44. The van der Waals surface area contributed by atoms with E-state index in [-0.39, 0.29) is 5.82 Å². The molecule has 1 aromatic carbocycles. The largest absolute Gasteiger partial charge is 0.265 e. The number of aromatic nitrogens is 3. The fraction of sp³-hybridized carbons (Fsp3) is 0. The van der Waals surface area contributed by atoms with E-state index in [1.807, 2.05) is 12.1 Å². The minimum Gasteiger partial charge on any atom is -0.265 e. The molecule has 0 saturated carbocycles. The molecule has 3 rings (SSSR count). The molecule has 0 bridgehead atoms. The fourth-order valence-electron chi connectivity index (χ4n) is 1.54. The van der Waals surface area contributed by atoms with Crippen LogP contribution in [-0.4, -0.2) is 15.2 Å². The molecule has 0 spiro atoms. The number of rotatable bonds is 2. The number of pyridine rings is 1. The summed E-state index contributed by atoms with van der Waals surface area (Å²) in [7, 11) is 0. The lowest BCUT2D eigenvalue weighted by Gasteiger charge is -1.94. The van der Waals surface area contributed by atoms with E-state index in [2.05, 4.69) is 15.2 Å². The lowest BCUT2D eigenvalue weighted by atomic mass is 10.2. The second-order valence-corrected chi connectivity index (χ2v) is 4.63. The second kappa shape index (κ2) is 4.62. The Balaban J connectivity index is 1.97. The molecule has 0 fully saturated rings. The molecule has 0 aliphatic rings. The smallest absolute Gasteiger partial charge is 0.148 e. The van der Waals surface area contributed by atoms with Crippen LogP contribution in [0.5, 0.6) is 0 Å². The van der Waals surface area contributed by atoms with Gasteiger partial charge in [-0.15, -0.1) is 10.2 Å². The van der Waals surface area contributed by atoms with Crippen molar-refractivity contribution in [2.45, 2.75) is 0 Å². The molecular formula is C13H8FN3S. The molecule has 5 heteroatoms. The maximum absolute atomic E-state index is 12.8. The van der Waals surface area contributed by atoms with E-state index >= 15 is 0 Å². The van der Waals surface area contributed by atoms with Crippen LogP contribution in [-0.2, 0) is 0 Å². The van der Waals surface area contributed by atoms with Crippen LogP contribution in [0.1, 0.15) is 0 Å². The standard InChI is InChI=1S/C13H8FN3S/c14-11-3-1-9(2-4-11)12-16-17-13(18-12)10-5-7-15-8-6-10/h1-8H. The summed E-state index contributed by atoms with van der Waals surface area (Å²) in [6.45, 7) is 0. The van der Waals surface area contributed by atoms with Crippen molar-refractivity contribution in [2.75, 3.05) is 0 Å². The monoisotopic (exact) mass is 257 g/mol. The minimum atomic E-state index is -0.252. The summed E-state index contributed by atoms with van der Waals surface area (Å²) in [5, 5.41) is 9.86. The molecule has 0 atom stereocenters. The van der Waals surface area contributed by atoms with Crippen LogP contribution in [0.15, 0.2) is 48.8 Å². The minimum absolute atomic E-state index is 0.252. The van der Waals surface area contributed by atoms with Crippen molar-refractivity contribution in [3.05, 3.63) is 54.6 Å². The zero-order valence-electron chi connectivity index (χ0n) is 9.25. The van der Waals surface area contributed by atoms with Crippen molar-refractivity contribution in [3.8, 4) is 21.1 Å². The predicted molar refractivity (Wildman–Crippen MR) is 68.5 cm³/mol. The van der Waals surface area contributed by atoms with Crippen molar-refractivity contribution in [3.63, 3.8) is 0 Å². The molecule has 18 heavy (non-hydrogen) atoms. The molecule has 2 aromatic heterocycles. The molecule has 0 aliphatic heterocycles. The SMILES string of the molecule is Fc1ccc(-c2nnc(-c3ccncc3)s2)cc1. The van der Waals surface area contributed by atoms with E-state index in [1.54, 1.807) is 24.5 Å². The molecule has 3 nitrogen and oxygen atoms in total. The summed E-state index contributed by atoms with van der Waals surface area (Å²) in [6, 6.07) is 10.0. The van der Waals surface area contributed by atoms with Crippen LogP contribution in [0.25, 0.3) is 21.1 Å². The molecule has 0 N–H and O–H groups in total. The van der Waals surface area contributed by atoms with E-state index in [1.165, 1.54) is 23.5 Å². The van der Waals surface area contributed by atoms with Crippen LogP contribution in [0.3, 0.4) is 0 Å². The first-order valence-electron chi connectivity index (χ1n) is 5.33. The van der Waals surface area contributed by atoms with Gasteiger partial charge >= 0.3 is 0 Å². The van der Waals surface area contributed by atoms with E-state index in [0.717, 1.165) is 21.1 Å². The van der Waals surface area contributed by atoms with Gasteiger partial charge < -0.3 is 0 Å². The molecule has 88 valence electrons. The van der Waals surface area contributed by atoms with Crippen LogP contribution in [0, 0.1) is 5.82 Å². The summed E-state index contributed by atoms with van der Waals surface area (Å²) in [5.74, 6) is -0.252. The van der Waals surface area contributed by atoms with Gasteiger partial charge in [-0.3, -0.25) is 4.98 Å². The molecule has 2 heterocycles. The van der Waals surface area contributed by atoms with Gasteiger partial charge in [0.15, 0.2) is 0 Å². The Morgan fingerprint density at radius 1 is 0.778 bits per heavy atom. The van der Waals surface area contributed by atoms with Crippen molar-refractivity contribution >= 4 is 11.3 Å². The summed E-state index contributed by atoms with van der Waals surface area (Å²) < 4.78 is 12.8. The summed E-state index contributed by atoms with van der Waals surface area (Å²) >= 11 is 1.47. The zero-order valence-corrected chi connectivity index (χ0v) is 10.1. The number of hydrogen-bond acceptors (Lipinski definition) is 4. The van der Waals surface area contributed by atoms with Gasteiger partial charge in [-0.25, -0.2) is 4.39 Å². The van der Waals surface area contributed by atoms with Gasteiger partial charge in [0.05, 0.1) is 0 Å². The molecule has 0 radical (unpaired) electrons. The maximum Gasteiger partial charge on any atom is 0.148 e. The zero-order chi connectivity index (χ0) is 12.4. The van der Waals surface area contributed by atoms with Crippen molar-refractivity contribution in [2.24, 2.45) is 0 Å². The molecular weight excluding hydrogens is 249 g/mol. The number of halogens is 1. The van der Waals surface area contributed by atoms with Crippen molar-refractivity contribution < 1.29 is 4.39 Å². The first-order chi connectivity index (χ1) is 8.83. The first-order valence-corrected chi connectivity index (χ1v) is 6.14. The number of nitrogens with zero attached hydrogens (tertiary/aromatic N) is 3. The Kier molecular flexibility index (Phi) is 2.82. The van der Waals surface area contributed by atoms with Gasteiger partial charge in [-0.1, -0.05) is 11.3 Å². The third kappa shape index (κ3) is 2.12. The fourth-order valence-corrected chi connectivity index (χ4v) is 2.40. The molecule has 0 unspecified atom stereocenters. The highest BCUT2D eigenvalue weighted by atomic mass is 32.1. The van der Waals surface area contributed by atoms with E-state index in [4.69, 9.17) is 0 Å². The van der Waals surface area contributed by atoms with Gasteiger partial charge in [0.1, 0.15) is 15.8 Å². The average molecular weight is 257 g/mol. The van der Waals surface area contributed by atoms with Crippen molar-refractivity contribution in [1.82, 2.24) is 15.2 Å². The second-order valence-electron chi connectivity index (χ2n) is 3.66. The third-order valence-corrected chi connectivity index (χ3v) is 3.46. The Morgan fingerprint density at radius 3 is 1.94 bits per heavy atom. The van der Waals surface area contributed by atoms with Crippen LogP contribution in [0.4, 0.5) is 4.39 Å². The number of benzene rings is 1. The lowest BCUT2D eigenvalue weighted by molar-refractivity contribution is 0.628. The summed E-state index contributed by atoms with van der Waals surface area (Å²) in [5.41, 5.74) is 1.85. The highest BCUT2D eigenvalue weighted by molar-refractivity contribution is 7.17. The maximum atomic E-state index is 12.8. The van der Waals surface area contributed by atoms with Crippen molar-refractivity contribution in [1.29, 1.82) is 0 Å². The Morgan fingerprint density at radius 2 is 1.33 bits per heavy atom. The Hall–Kier alpha value is -2.14. The Labute approximate surface area is 107 Å². The van der Waals surface area contributed by atoms with Gasteiger partial charge in [-0.2, -0.15) is 0 Å². The number of hydrogen-bond donors (Lipinski definition) is 0. The van der Waals surface area contributed by atoms with Gasteiger partial charge in [0.2, 0.25) is 0 Å². The molecule has 0 saturated heterocycles. The van der Waals surface area contributed by atoms with E-state index < -0.39 is 0 Å². The average Bonchev–Trinajstić information content (AvgIpc) is 2.90. The quantitative estimate of drug-likeness (QED) is 0.706. The van der Waals surface area contributed by atoms with Gasteiger partial charge in [0.25, 0.3) is 0 Å². The lowest BCUT2D eigenvalue weighted by Crippen LogP contribution is -1.78. The van der Waals surface area contributed by atoms with E-state index in [9.17, 15) is 4.39 Å². The molecule has 0 amide bonds. The van der Waals surface area contributed by atoms with Crippen LogP contribution < -0.4 is 0 Å². The molecule has 3 aromatic rings. The highest BCUT2D eigenvalue weighted by Gasteiger charge is 2.08.